The zero-order valence-corrected chi connectivity index (χ0v) is 10.7. The highest BCUT2D eigenvalue weighted by molar-refractivity contribution is 5.91. The highest BCUT2D eigenvalue weighted by Gasteiger charge is 2.15. The number of anilines is 1. The molecule has 8 heteroatoms. The highest BCUT2D eigenvalue weighted by atomic mass is 16.2. The quantitative estimate of drug-likeness (QED) is 0.582. The van der Waals surface area contributed by atoms with Gasteiger partial charge < -0.3 is 14.9 Å². The molecule has 0 aliphatic carbocycles. The van der Waals surface area contributed by atoms with E-state index in [4.69, 9.17) is 5.84 Å². The van der Waals surface area contributed by atoms with Gasteiger partial charge in [0.15, 0.2) is 5.82 Å². The number of nitrogens with two attached hydrogens (primary N) is 1. The molecule has 0 saturated carbocycles. The van der Waals surface area contributed by atoms with Crippen LogP contribution >= 0.6 is 0 Å². The van der Waals surface area contributed by atoms with Crippen molar-refractivity contribution in [3.8, 4) is 0 Å². The second-order valence-electron chi connectivity index (χ2n) is 4.05. The van der Waals surface area contributed by atoms with E-state index in [1.807, 2.05) is 17.8 Å². The standard InChI is InChI=1S/C11H15N7O/c1-17-4-3-13-10(17)7-18(2)11(19)8-5-15-9(16-12)6-14-8/h3-6H,7,12H2,1-2H3,(H,15,16). The van der Waals surface area contributed by atoms with E-state index in [2.05, 4.69) is 20.4 Å². The number of hydrazine groups is 1. The Kier molecular flexibility index (Phi) is 3.71. The first-order valence-electron chi connectivity index (χ1n) is 5.62. The minimum absolute atomic E-state index is 0.223. The Morgan fingerprint density at radius 2 is 2.21 bits per heavy atom. The van der Waals surface area contributed by atoms with Crippen LogP contribution in [0.2, 0.25) is 0 Å². The Bertz CT molecular complexity index is 563. The smallest absolute Gasteiger partial charge is 0.274 e. The molecule has 0 atom stereocenters. The number of imidazole rings is 1. The summed E-state index contributed by atoms with van der Waals surface area (Å²) in [6.07, 6.45) is 6.30. The van der Waals surface area contributed by atoms with E-state index >= 15 is 0 Å². The summed E-state index contributed by atoms with van der Waals surface area (Å²) in [4.78, 5) is 25.8. The SMILES string of the molecule is CN(Cc1nccn1C)C(=O)c1cnc(NN)cn1. The summed E-state index contributed by atoms with van der Waals surface area (Å²) in [5.41, 5.74) is 2.61. The van der Waals surface area contributed by atoms with Crippen molar-refractivity contribution >= 4 is 11.7 Å². The molecule has 2 aromatic heterocycles. The minimum Gasteiger partial charge on any atom is -0.337 e. The molecule has 100 valence electrons. The van der Waals surface area contributed by atoms with E-state index in [9.17, 15) is 4.79 Å². The van der Waals surface area contributed by atoms with E-state index in [0.717, 1.165) is 5.82 Å². The summed E-state index contributed by atoms with van der Waals surface area (Å²) >= 11 is 0. The molecule has 1 amide bonds. The summed E-state index contributed by atoms with van der Waals surface area (Å²) in [5, 5.41) is 0. The number of hydrogen-bond donors (Lipinski definition) is 2. The number of carbonyl (C=O) groups excluding carboxylic acids is 1. The third-order valence-electron chi connectivity index (χ3n) is 2.67. The zero-order valence-electron chi connectivity index (χ0n) is 10.7. The third-order valence-corrected chi connectivity index (χ3v) is 2.67. The van der Waals surface area contributed by atoms with E-state index in [-0.39, 0.29) is 11.6 Å². The molecular weight excluding hydrogens is 246 g/mol. The van der Waals surface area contributed by atoms with E-state index < -0.39 is 0 Å². The number of hydrogen-bond acceptors (Lipinski definition) is 6. The molecule has 19 heavy (non-hydrogen) atoms. The molecule has 0 radical (unpaired) electrons. The van der Waals surface area contributed by atoms with Crippen LogP contribution < -0.4 is 11.3 Å². The number of rotatable bonds is 4. The molecule has 0 aliphatic heterocycles. The van der Waals surface area contributed by atoms with Crippen LogP contribution in [0.25, 0.3) is 0 Å². The van der Waals surface area contributed by atoms with Gasteiger partial charge in [-0.1, -0.05) is 0 Å². The van der Waals surface area contributed by atoms with Crippen LogP contribution in [0.5, 0.6) is 0 Å². The second-order valence-corrected chi connectivity index (χ2v) is 4.05. The predicted molar refractivity (Wildman–Crippen MR) is 68.8 cm³/mol. The van der Waals surface area contributed by atoms with Gasteiger partial charge in [-0.15, -0.1) is 0 Å². The lowest BCUT2D eigenvalue weighted by Gasteiger charge is -2.16. The largest absolute Gasteiger partial charge is 0.337 e. The van der Waals surface area contributed by atoms with Gasteiger partial charge in [-0.3, -0.25) is 4.79 Å². The van der Waals surface area contributed by atoms with Gasteiger partial charge in [-0.2, -0.15) is 0 Å². The maximum absolute atomic E-state index is 12.1. The molecule has 2 aromatic rings. The van der Waals surface area contributed by atoms with Crippen molar-refractivity contribution in [2.24, 2.45) is 12.9 Å². The van der Waals surface area contributed by atoms with E-state index in [0.29, 0.717) is 12.4 Å². The van der Waals surface area contributed by atoms with Gasteiger partial charge in [0.05, 0.1) is 18.9 Å². The Morgan fingerprint density at radius 3 is 2.74 bits per heavy atom. The van der Waals surface area contributed by atoms with E-state index in [1.165, 1.54) is 17.3 Å². The average Bonchev–Trinajstić information content (AvgIpc) is 2.83. The highest BCUT2D eigenvalue weighted by Crippen LogP contribution is 2.05. The van der Waals surface area contributed by atoms with Crippen LogP contribution in [-0.2, 0) is 13.6 Å². The number of nitrogens with zero attached hydrogens (tertiary/aromatic N) is 5. The molecule has 2 heterocycles. The fourth-order valence-corrected chi connectivity index (χ4v) is 1.54. The van der Waals surface area contributed by atoms with Gasteiger partial charge in [0, 0.05) is 26.5 Å². The molecule has 0 aliphatic rings. The number of aryl methyl sites for hydroxylation is 1. The summed E-state index contributed by atoms with van der Waals surface area (Å²) in [6.45, 7) is 0.404. The van der Waals surface area contributed by atoms with Gasteiger partial charge in [0.2, 0.25) is 0 Å². The number of nitrogen functional groups attached to an aromatic ring is 1. The fourth-order valence-electron chi connectivity index (χ4n) is 1.54. The van der Waals surface area contributed by atoms with Crippen molar-refractivity contribution in [1.29, 1.82) is 0 Å². The fraction of sp³-hybridized carbons (Fsp3) is 0.273. The first kappa shape index (κ1) is 13.0. The Morgan fingerprint density at radius 1 is 1.42 bits per heavy atom. The number of amides is 1. The van der Waals surface area contributed by atoms with Crippen LogP contribution in [0.15, 0.2) is 24.8 Å². The topological polar surface area (TPSA) is 102 Å². The Balaban J connectivity index is 2.08. The van der Waals surface area contributed by atoms with Gasteiger partial charge in [0.25, 0.3) is 5.91 Å². The molecule has 3 N–H and O–H groups in total. The van der Waals surface area contributed by atoms with Gasteiger partial charge in [0.1, 0.15) is 11.5 Å². The number of nitrogens with one attached hydrogen (secondary N) is 1. The maximum atomic E-state index is 12.1. The minimum atomic E-state index is -0.223. The van der Waals surface area contributed by atoms with Crippen LogP contribution in [0, 0.1) is 0 Å². The van der Waals surface area contributed by atoms with Gasteiger partial charge in [-0.25, -0.2) is 20.8 Å². The third kappa shape index (κ3) is 2.86. The number of aromatic nitrogens is 4. The molecule has 0 bridgehead atoms. The van der Waals surface area contributed by atoms with E-state index in [1.54, 1.807) is 13.2 Å². The van der Waals surface area contributed by atoms with Crippen molar-refractivity contribution < 1.29 is 4.79 Å². The monoisotopic (exact) mass is 261 g/mol. The molecule has 0 saturated heterocycles. The normalized spacial score (nSPS) is 10.3. The van der Waals surface area contributed by atoms with Crippen LogP contribution in [-0.4, -0.2) is 37.4 Å². The first-order valence-corrected chi connectivity index (χ1v) is 5.62. The lowest BCUT2D eigenvalue weighted by atomic mass is 10.3. The molecule has 0 fully saturated rings. The summed E-state index contributed by atoms with van der Waals surface area (Å²) < 4.78 is 1.86. The van der Waals surface area contributed by atoms with Crippen LogP contribution in [0.4, 0.5) is 5.82 Å². The van der Waals surface area contributed by atoms with Gasteiger partial charge >= 0.3 is 0 Å². The molecule has 0 aromatic carbocycles. The zero-order chi connectivity index (χ0) is 13.8. The predicted octanol–water partition coefficient (Wildman–Crippen LogP) is -0.232. The Labute approximate surface area is 110 Å². The summed E-state index contributed by atoms with van der Waals surface area (Å²) in [7, 11) is 3.57. The van der Waals surface area contributed by atoms with Crippen molar-refractivity contribution in [3.05, 3.63) is 36.3 Å². The summed E-state index contributed by atoms with van der Waals surface area (Å²) in [5.74, 6) is 6.16. The van der Waals surface area contributed by atoms with Crippen molar-refractivity contribution in [1.82, 2.24) is 24.4 Å². The molecule has 0 unspecified atom stereocenters. The van der Waals surface area contributed by atoms with Crippen molar-refractivity contribution in [2.45, 2.75) is 6.54 Å². The molecule has 0 spiro atoms. The summed E-state index contributed by atoms with van der Waals surface area (Å²) in [6, 6.07) is 0. The van der Waals surface area contributed by atoms with Crippen LogP contribution in [0.1, 0.15) is 16.3 Å². The average molecular weight is 261 g/mol. The second kappa shape index (κ2) is 5.44. The van der Waals surface area contributed by atoms with Crippen molar-refractivity contribution in [2.75, 3.05) is 12.5 Å². The lowest BCUT2D eigenvalue weighted by molar-refractivity contribution is 0.0774. The maximum Gasteiger partial charge on any atom is 0.274 e. The van der Waals surface area contributed by atoms with Crippen molar-refractivity contribution in [3.63, 3.8) is 0 Å². The first-order chi connectivity index (χ1) is 9.11. The lowest BCUT2D eigenvalue weighted by Crippen LogP contribution is -2.28. The Hall–Kier alpha value is -2.48. The van der Waals surface area contributed by atoms with Gasteiger partial charge in [-0.05, 0) is 0 Å². The number of carbonyl (C=O) groups is 1. The molecular formula is C11H15N7O. The molecule has 2 rings (SSSR count). The molecule has 8 nitrogen and oxygen atoms in total. The van der Waals surface area contributed by atoms with Crippen LogP contribution in [0.3, 0.4) is 0 Å².